The van der Waals surface area contributed by atoms with Crippen LogP contribution < -0.4 is 5.32 Å². The Labute approximate surface area is 95.2 Å². The second-order valence-corrected chi connectivity index (χ2v) is 4.33. The molecule has 3 nitrogen and oxygen atoms in total. The van der Waals surface area contributed by atoms with Gasteiger partial charge in [0.2, 0.25) is 0 Å². The molecule has 0 aromatic carbocycles. The summed E-state index contributed by atoms with van der Waals surface area (Å²) in [6.07, 6.45) is 1.55. The summed E-state index contributed by atoms with van der Waals surface area (Å²) in [6, 6.07) is 0.583. The Kier molecular flexibility index (Phi) is 5.66. The molecule has 1 aliphatic heterocycles. The van der Waals surface area contributed by atoms with Gasteiger partial charge in [0, 0.05) is 19.1 Å². The highest BCUT2D eigenvalue weighted by molar-refractivity contribution is 5.78. The van der Waals surface area contributed by atoms with E-state index in [4.69, 9.17) is 0 Å². The van der Waals surface area contributed by atoms with E-state index in [1.54, 1.807) is 0 Å². The van der Waals surface area contributed by atoms with Crippen molar-refractivity contribution < 1.29 is 13.6 Å². The standard InChI is InChI=1S/C11H20F2N2O/c1-9-5-2-3-7-15(9)8-4-6-14-11(16)10(12)13/h9-10H,2-8H2,1H3,(H,14,16). The molecule has 0 saturated carbocycles. The van der Waals surface area contributed by atoms with E-state index in [2.05, 4.69) is 17.1 Å². The number of hydrogen-bond donors (Lipinski definition) is 1. The molecule has 1 unspecified atom stereocenters. The van der Waals surface area contributed by atoms with Gasteiger partial charge in [0.25, 0.3) is 5.91 Å². The van der Waals surface area contributed by atoms with Gasteiger partial charge in [-0.15, -0.1) is 0 Å². The molecule has 1 rings (SSSR count). The first kappa shape index (κ1) is 13.4. The molecule has 1 aliphatic rings. The molecule has 94 valence electrons. The van der Waals surface area contributed by atoms with Gasteiger partial charge in [-0.2, -0.15) is 8.78 Å². The lowest BCUT2D eigenvalue weighted by atomic mass is 10.0. The molecule has 1 amide bonds. The molecule has 5 heteroatoms. The Bertz CT molecular complexity index is 224. The topological polar surface area (TPSA) is 32.3 Å². The molecular weight excluding hydrogens is 214 g/mol. The van der Waals surface area contributed by atoms with Gasteiger partial charge in [0.15, 0.2) is 0 Å². The summed E-state index contributed by atoms with van der Waals surface area (Å²) in [5, 5.41) is 2.22. The maximum atomic E-state index is 11.8. The number of carbonyl (C=O) groups is 1. The van der Waals surface area contributed by atoms with Crippen molar-refractivity contribution in [2.75, 3.05) is 19.6 Å². The van der Waals surface area contributed by atoms with Gasteiger partial charge in [-0.05, 0) is 32.7 Å². The molecule has 1 saturated heterocycles. The van der Waals surface area contributed by atoms with Gasteiger partial charge < -0.3 is 10.2 Å². The van der Waals surface area contributed by atoms with Crippen molar-refractivity contribution >= 4 is 5.91 Å². The number of halogens is 2. The predicted octanol–water partition coefficient (Wildman–Crippen LogP) is 1.63. The highest BCUT2D eigenvalue weighted by atomic mass is 19.3. The Morgan fingerprint density at radius 1 is 1.50 bits per heavy atom. The summed E-state index contributed by atoms with van der Waals surface area (Å²) in [5.41, 5.74) is 0. The second-order valence-electron chi connectivity index (χ2n) is 4.33. The molecule has 0 radical (unpaired) electrons. The smallest absolute Gasteiger partial charge is 0.315 e. The fourth-order valence-electron chi connectivity index (χ4n) is 2.06. The van der Waals surface area contributed by atoms with Gasteiger partial charge in [0.05, 0.1) is 0 Å². The first-order valence-corrected chi connectivity index (χ1v) is 5.91. The van der Waals surface area contributed by atoms with Crippen LogP contribution in [-0.4, -0.2) is 42.9 Å². The van der Waals surface area contributed by atoms with Gasteiger partial charge >= 0.3 is 6.43 Å². The molecule has 1 fully saturated rings. The third kappa shape index (κ3) is 4.43. The second kappa shape index (κ2) is 6.78. The van der Waals surface area contributed by atoms with Crippen LogP contribution in [0.4, 0.5) is 8.78 Å². The summed E-state index contributed by atoms with van der Waals surface area (Å²) in [5.74, 6) is -1.16. The highest BCUT2D eigenvalue weighted by Gasteiger charge is 2.18. The van der Waals surface area contributed by atoms with Crippen molar-refractivity contribution in [2.24, 2.45) is 0 Å². The van der Waals surface area contributed by atoms with Crippen LogP contribution in [0.5, 0.6) is 0 Å². The molecule has 1 heterocycles. The summed E-state index contributed by atoms with van der Waals surface area (Å²) >= 11 is 0. The summed E-state index contributed by atoms with van der Waals surface area (Å²) in [6.45, 7) is 4.50. The fraction of sp³-hybridized carbons (Fsp3) is 0.909. The molecule has 0 aromatic rings. The number of hydrogen-bond acceptors (Lipinski definition) is 2. The number of amides is 1. The van der Waals surface area contributed by atoms with E-state index in [0.29, 0.717) is 12.6 Å². The van der Waals surface area contributed by atoms with Crippen molar-refractivity contribution in [1.82, 2.24) is 10.2 Å². The minimum absolute atomic E-state index is 0.340. The fourth-order valence-corrected chi connectivity index (χ4v) is 2.06. The van der Waals surface area contributed by atoms with Gasteiger partial charge in [-0.1, -0.05) is 6.42 Å². The van der Waals surface area contributed by atoms with Crippen LogP contribution >= 0.6 is 0 Å². The Balaban J connectivity index is 2.08. The number of likely N-dealkylation sites (tertiary alicyclic amines) is 1. The quantitative estimate of drug-likeness (QED) is 0.733. The monoisotopic (exact) mass is 234 g/mol. The largest absolute Gasteiger partial charge is 0.351 e. The zero-order chi connectivity index (χ0) is 12.0. The third-order valence-corrected chi connectivity index (χ3v) is 3.06. The molecule has 0 aromatic heterocycles. The molecule has 16 heavy (non-hydrogen) atoms. The number of nitrogens with zero attached hydrogens (tertiary/aromatic N) is 1. The summed E-state index contributed by atoms with van der Waals surface area (Å²) in [7, 11) is 0. The SMILES string of the molecule is CC1CCCCN1CCCNC(=O)C(F)F. The molecule has 0 bridgehead atoms. The van der Waals surface area contributed by atoms with Crippen molar-refractivity contribution in [3.8, 4) is 0 Å². The van der Waals surface area contributed by atoms with E-state index < -0.39 is 12.3 Å². The molecule has 0 spiro atoms. The van der Waals surface area contributed by atoms with Crippen molar-refractivity contribution in [1.29, 1.82) is 0 Å². The van der Waals surface area contributed by atoms with Crippen LogP contribution in [0.25, 0.3) is 0 Å². The van der Waals surface area contributed by atoms with Crippen molar-refractivity contribution in [3.63, 3.8) is 0 Å². The number of carbonyl (C=O) groups excluding carboxylic acids is 1. The minimum Gasteiger partial charge on any atom is -0.351 e. The molecule has 1 N–H and O–H groups in total. The first-order valence-electron chi connectivity index (χ1n) is 5.91. The van der Waals surface area contributed by atoms with Crippen LogP contribution in [-0.2, 0) is 4.79 Å². The average molecular weight is 234 g/mol. The van der Waals surface area contributed by atoms with Crippen LogP contribution in [0.1, 0.15) is 32.6 Å². The van der Waals surface area contributed by atoms with Crippen LogP contribution in [0.3, 0.4) is 0 Å². The molecular formula is C11H20F2N2O. The number of rotatable bonds is 5. The molecule has 0 aliphatic carbocycles. The first-order chi connectivity index (χ1) is 7.61. The summed E-state index contributed by atoms with van der Waals surface area (Å²) < 4.78 is 23.7. The highest BCUT2D eigenvalue weighted by Crippen LogP contribution is 2.15. The van der Waals surface area contributed by atoms with Crippen molar-refractivity contribution in [3.05, 3.63) is 0 Å². The Morgan fingerprint density at radius 3 is 2.88 bits per heavy atom. The Hall–Kier alpha value is -0.710. The van der Waals surface area contributed by atoms with Crippen molar-refractivity contribution in [2.45, 2.75) is 45.1 Å². The number of alkyl halides is 2. The normalized spacial score (nSPS) is 22.4. The Morgan fingerprint density at radius 2 is 2.25 bits per heavy atom. The van der Waals surface area contributed by atoms with E-state index in [0.717, 1.165) is 19.5 Å². The van der Waals surface area contributed by atoms with E-state index in [-0.39, 0.29) is 0 Å². The minimum atomic E-state index is -2.89. The van der Waals surface area contributed by atoms with Gasteiger partial charge in [-0.25, -0.2) is 0 Å². The van der Waals surface area contributed by atoms with E-state index >= 15 is 0 Å². The van der Waals surface area contributed by atoms with E-state index in [1.165, 1.54) is 19.3 Å². The maximum absolute atomic E-state index is 11.8. The van der Waals surface area contributed by atoms with E-state index in [9.17, 15) is 13.6 Å². The number of piperidine rings is 1. The average Bonchev–Trinajstić information content (AvgIpc) is 2.26. The van der Waals surface area contributed by atoms with Crippen LogP contribution in [0.15, 0.2) is 0 Å². The lowest BCUT2D eigenvalue weighted by Gasteiger charge is -2.33. The zero-order valence-corrected chi connectivity index (χ0v) is 9.72. The lowest BCUT2D eigenvalue weighted by molar-refractivity contribution is -0.131. The summed E-state index contributed by atoms with van der Waals surface area (Å²) in [4.78, 5) is 12.9. The third-order valence-electron chi connectivity index (χ3n) is 3.06. The zero-order valence-electron chi connectivity index (χ0n) is 9.72. The molecule has 1 atom stereocenters. The van der Waals surface area contributed by atoms with Crippen LogP contribution in [0, 0.1) is 0 Å². The van der Waals surface area contributed by atoms with Gasteiger partial charge in [0.1, 0.15) is 0 Å². The maximum Gasteiger partial charge on any atom is 0.315 e. The van der Waals surface area contributed by atoms with E-state index in [1.807, 2.05) is 0 Å². The predicted molar refractivity (Wildman–Crippen MR) is 58.5 cm³/mol. The van der Waals surface area contributed by atoms with Gasteiger partial charge in [-0.3, -0.25) is 4.79 Å². The van der Waals surface area contributed by atoms with Crippen LogP contribution in [0.2, 0.25) is 0 Å². The lowest BCUT2D eigenvalue weighted by Crippen LogP contribution is -2.39. The number of nitrogens with one attached hydrogen (secondary N) is 1.